The quantitative estimate of drug-likeness (QED) is 0.0963. The van der Waals surface area contributed by atoms with Crippen molar-refractivity contribution >= 4 is 84.8 Å². The molecule has 0 unspecified atom stereocenters. The fraction of sp³-hybridized carbons (Fsp3) is 0.375. The van der Waals surface area contributed by atoms with Crippen LogP contribution in [0.1, 0.15) is 39.2 Å². The molecule has 15 nitrogen and oxygen atoms in total. The zero-order valence-electron chi connectivity index (χ0n) is 39.7. The molecule has 0 saturated carbocycles. The number of ether oxygens (including phenoxy) is 5. The number of benzene rings is 4. The minimum Gasteiger partial charge on any atom is -0.495 e. The van der Waals surface area contributed by atoms with Crippen molar-refractivity contribution in [1.29, 1.82) is 0 Å². The van der Waals surface area contributed by atoms with Crippen LogP contribution in [0.15, 0.2) is 90.2 Å². The first-order valence-electron chi connectivity index (χ1n) is 21.9. The van der Waals surface area contributed by atoms with Crippen LogP contribution in [-0.4, -0.2) is 123 Å². The summed E-state index contributed by atoms with van der Waals surface area (Å²) >= 11 is 9.90. The second-order valence-corrected chi connectivity index (χ2v) is 23.7. The smallest absolute Gasteiger partial charge is 0.246 e. The highest BCUT2D eigenvalue weighted by atomic mass is 79.9. The number of rotatable bonds is 15. The molecule has 69 heavy (non-hydrogen) atoms. The Labute approximate surface area is 430 Å². The maximum absolute atomic E-state index is 13.3. The van der Waals surface area contributed by atoms with Gasteiger partial charge in [0.2, 0.25) is 25.8 Å². The first kappa shape index (κ1) is 52.3. The molecule has 2 fully saturated rings. The summed E-state index contributed by atoms with van der Waals surface area (Å²) in [5.74, 6) is 2.43. The van der Waals surface area contributed by atoms with Crippen molar-refractivity contribution in [3.63, 3.8) is 0 Å². The molecule has 0 atom stereocenters. The number of methoxy groups -OCH3 is 5. The maximum atomic E-state index is 13.3. The number of anilines is 2. The number of piperazine rings is 2. The van der Waals surface area contributed by atoms with Crippen molar-refractivity contribution in [2.45, 2.75) is 43.4 Å². The molecule has 0 radical (unpaired) electrons. The third-order valence-electron chi connectivity index (χ3n) is 11.9. The molecule has 0 N–H and O–H groups in total. The molecule has 0 amide bonds. The third-order valence-corrected chi connectivity index (χ3v) is 18.6. The van der Waals surface area contributed by atoms with E-state index in [1.54, 1.807) is 80.4 Å². The number of hydrogen-bond donors (Lipinski definition) is 0. The zero-order valence-corrected chi connectivity index (χ0v) is 46.2. The number of thiazole rings is 2. The first-order chi connectivity index (χ1) is 33.0. The summed E-state index contributed by atoms with van der Waals surface area (Å²) in [5.41, 5.74) is 8.16. The van der Waals surface area contributed by atoms with Gasteiger partial charge >= 0.3 is 0 Å². The molecule has 370 valence electrons. The number of aryl methyl sites for hydroxylation is 3. The fourth-order valence-electron chi connectivity index (χ4n) is 8.38. The average Bonchev–Trinajstić information content (AvgIpc) is 4.03. The molecule has 2 aliphatic heterocycles. The molecule has 6 aromatic rings. The number of aromatic nitrogens is 2. The topological polar surface area (TPSA) is 153 Å². The van der Waals surface area contributed by atoms with Crippen LogP contribution >= 0.6 is 54.5 Å². The first-order valence-corrected chi connectivity index (χ1v) is 28.1. The van der Waals surface area contributed by atoms with Crippen molar-refractivity contribution in [2.24, 2.45) is 0 Å². The number of hydrogen-bond acceptors (Lipinski definition) is 15. The predicted molar refractivity (Wildman–Crippen MR) is 280 cm³/mol. The Kier molecular flexibility index (Phi) is 17.2. The molecule has 2 saturated heterocycles. The Morgan fingerprint density at radius 1 is 0.536 bits per heavy atom. The number of sulfonamides is 2. The van der Waals surface area contributed by atoms with E-state index in [1.807, 2.05) is 17.5 Å². The van der Waals surface area contributed by atoms with E-state index in [0.29, 0.717) is 96.5 Å². The van der Waals surface area contributed by atoms with Crippen molar-refractivity contribution in [3.05, 3.63) is 120 Å². The van der Waals surface area contributed by atoms with E-state index >= 15 is 0 Å². The van der Waals surface area contributed by atoms with Crippen LogP contribution < -0.4 is 33.5 Å². The van der Waals surface area contributed by atoms with Crippen molar-refractivity contribution in [2.75, 3.05) is 97.7 Å². The van der Waals surface area contributed by atoms with E-state index in [1.165, 1.54) is 45.1 Å². The van der Waals surface area contributed by atoms with Crippen molar-refractivity contribution < 1.29 is 40.5 Å². The van der Waals surface area contributed by atoms with Gasteiger partial charge in [0, 0.05) is 84.9 Å². The molecule has 4 aromatic carbocycles. The zero-order chi connectivity index (χ0) is 49.6. The SMILES string of the molecule is COc1ccc(Br)cc1S(=O)(=O)N1CCN(c2nc(Cc3c(C)cc(C)cc3C)cs2)CC1.COc1ccc(Br)cc1S(=O)(=O)N1CCN(c2nc(Cc3cc(OC)c(OC)c(OC)c3)cs2)CC1. The lowest BCUT2D eigenvalue weighted by Gasteiger charge is -2.34. The van der Waals surface area contributed by atoms with Crippen LogP contribution in [0.2, 0.25) is 0 Å². The molecule has 0 aliphatic carbocycles. The molecular weight excluding hydrogens is 1090 g/mol. The fourth-order valence-corrected chi connectivity index (χ4v) is 14.4. The van der Waals surface area contributed by atoms with E-state index in [0.717, 1.165) is 33.6 Å². The van der Waals surface area contributed by atoms with Gasteiger partial charge in [-0.2, -0.15) is 8.61 Å². The Morgan fingerprint density at radius 2 is 0.942 bits per heavy atom. The van der Waals surface area contributed by atoms with Crippen LogP contribution in [0.25, 0.3) is 0 Å². The molecule has 21 heteroatoms. The summed E-state index contributed by atoms with van der Waals surface area (Å²) < 4.78 is 84.4. The lowest BCUT2D eigenvalue weighted by molar-refractivity contribution is 0.324. The minimum atomic E-state index is -3.69. The van der Waals surface area contributed by atoms with Crippen LogP contribution in [0.4, 0.5) is 10.3 Å². The predicted octanol–water partition coefficient (Wildman–Crippen LogP) is 8.98. The maximum Gasteiger partial charge on any atom is 0.246 e. The van der Waals surface area contributed by atoms with Crippen molar-refractivity contribution in [3.8, 4) is 28.7 Å². The lowest BCUT2D eigenvalue weighted by Crippen LogP contribution is -2.48. The third kappa shape index (κ3) is 12.0. The van der Waals surface area contributed by atoms with E-state index < -0.39 is 20.0 Å². The highest BCUT2D eigenvalue weighted by Gasteiger charge is 2.33. The lowest BCUT2D eigenvalue weighted by atomic mass is 9.96. The van der Waals surface area contributed by atoms with Gasteiger partial charge in [0.25, 0.3) is 0 Å². The van der Waals surface area contributed by atoms with Crippen LogP contribution in [0, 0.1) is 20.8 Å². The summed E-state index contributed by atoms with van der Waals surface area (Å²) in [7, 11) is 0.383. The monoisotopic (exact) mass is 1150 g/mol. The van der Waals surface area contributed by atoms with Crippen molar-refractivity contribution in [1.82, 2.24) is 18.6 Å². The molecule has 2 aromatic heterocycles. The number of nitrogens with zero attached hydrogens (tertiary/aromatic N) is 6. The Balaban J connectivity index is 0.000000205. The molecule has 0 bridgehead atoms. The molecule has 4 heterocycles. The van der Waals surface area contributed by atoms with Gasteiger partial charge < -0.3 is 33.5 Å². The summed E-state index contributed by atoms with van der Waals surface area (Å²) in [6, 6.07) is 18.3. The summed E-state index contributed by atoms with van der Waals surface area (Å²) in [6.45, 7) is 10.3. The van der Waals surface area contributed by atoms with Gasteiger partial charge in [-0.15, -0.1) is 22.7 Å². The van der Waals surface area contributed by atoms with Gasteiger partial charge in [-0.05, 0) is 91.6 Å². The molecular formula is C48H56Br2N6O9S4. The largest absolute Gasteiger partial charge is 0.495 e. The summed E-state index contributed by atoms with van der Waals surface area (Å²) in [4.78, 5) is 14.3. The Bertz CT molecular complexity index is 2940. The molecule has 0 spiro atoms. The molecule has 2 aliphatic rings. The normalized spacial score (nSPS) is 14.8. The van der Waals surface area contributed by atoms with Gasteiger partial charge in [-0.1, -0.05) is 49.6 Å². The van der Waals surface area contributed by atoms with E-state index in [9.17, 15) is 16.8 Å². The van der Waals surface area contributed by atoms with Crippen LogP contribution in [-0.2, 0) is 32.9 Å². The van der Waals surface area contributed by atoms with Gasteiger partial charge in [0.05, 0.1) is 46.9 Å². The van der Waals surface area contributed by atoms with Gasteiger partial charge in [0.1, 0.15) is 21.3 Å². The van der Waals surface area contributed by atoms with Crippen LogP contribution in [0.3, 0.4) is 0 Å². The summed E-state index contributed by atoms with van der Waals surface area (Å²) in [5, 5.41) is 5.95. The second kappa shape index (κ2) is 22.7. The van der Waals surface area contributed by atoms with E-state index in [4.69, 9.17) is 33.7 Å². The molecule has 8 rings (SSSR count). The highest BCUT2D eigenvalue weighted by molar-refractivity contribution is 9.10. The minimum absolute atomic E-state index is 0.162. The Hall–Kier alpha value is -4.48. The van der Waals surface area contributed by atoms with Gasteiger partial charge in [-0.3, -0.25) is 0 Å². The Morgan fingerprint density at radius 3 is 1.33 bits per heavy atom. The van der Waals surface area contributed by atoms with Crippen LogP contribution in [0.5, 0.6) is 28.7 Å². The second-order valence-electron chi connectivity index (χ2n) is 16.4. The number of halogens is 2. The summed E-state index contributed by atoms with van der Waals surface area (Å²) in [6.07, 6.45) is 1.41. The highest BCUT2D eigenvalue weighted by Crippen LogP contribution is 2.39. The van der Waals surface area contributed by atoms with E-state index in [2.05, 4.69) is 79.9 Å². The van der Waals surface area contributed by atoms with E-state index in [-0.39, 0.29) is 9.79 Å². The standard InChI is InChI=1S/C24H28BrN3O6S2.C24H28BrN3O3S2/c1-31-19-6-5-17(25)14-22(19)36(29,30)28-9-7-27(8-10-28)24-26-18(15-35-24)11-16-12-20(32-2)23(34-4)21(13-16)33-3;1-16-11-17(2)21(18(3)12-16)14-20-15-32-24(26-20)27-7-9-28(10-8-27)33(29,30)23-13-19(25)5-6-22(23)31-4/h5-6,12-15H,7-11H2,1-4H3;5-6,11-13,15H,7-10,14H2,1-4H3. The van der Waals surface area contributed by atoms with Gasteiger partial charge in [-0.25, -0.2) is 26.8 Å². The van der Waals surface area contributed by atoms with Gasteiger partial charge in [0.15, 0.2) is 21.8 Å². The average molecular weight is 1150 g/mol.